The van der Waals surface area contributed by atoms with E-state index in [1.165, 1.54) is 0 Å². The summed E-state index contributed by atoms with van der Waals surface area (Å²) in [5, 5.41) is 14.8. The number of aryl methyl sites for hydroxylation is 2. The van der Waals surface area contributed by atoms with Crippen LogP contribution in [0.4, 0.5) is 0 Å². The summed E-state index contributed by atoms with van der Waals surface area (Å²) in [6.45, 7) is 2.07. The van der Waals surface area contributed by atoms with Crippen molar-refractivity contribution in [2.45, 2.75) is 25.9 Å². The lowest BCUT2D eigenvalue weighted by Gasteiger charge is -2.09. The first kappa shape index (κ1) is 15.7. The molecule has 1 atom stereocenters. The molecule has 0 fully saturated rings. The fourth-order valence-corrected chi connectivity index (χ4v) is 4.71. The Morgan fingerprint density at radius 1 is 1.42 bits per heavy atom. The molecule has 0 spiro atoms. The Kier molecular flexibility index (Phi) is 5.28. The molecule has 2 rings (SSSR count). The van der Waals surface area contributed by atoms with Crippen molar-refractivity contribution >= 4 is 59.1 Å². The van der Waals surface area contributed by atoms with Crippen LogP contribution in [0.15, 0.2) is 18.8 Å². The molecule has 3 nitrogen and oxygen atoms in total. The molecule has 0 aromatic carbocycles. The molecule has 1 unspecified atom stereocenters. The maximum absolute atomic E-state index is 10.3. The van der Waals surface area contributed by atoms with Gasteiger partial charge >= 0.3 is 0 Å². The minimum absolute atomic E-state index is 0.524. The van der Waals surface area contributed by atoms with Crippen molar-refractivity contribution in [1.82, 2.24) is 9.78 Å². The molecule has 1 N–H and O–H groups in total. The molecular weight excluding hydrogens is 460 g/mol. The summed E-state index contributed by atoms with van der Waals surface area (Å²) in [7, 11) is 1.91. The van der Waals surface area contributed by atoms with Crippen LogP contribution in [-0.2, 0) is 19.9 Å². The van der Waals surface area contributed by atoms with Gasteiger partial charge in [0.1, 0.15) is 0 Å². The number of halogens is 3. The van der Waals surface area contributed by atoms with E-state index in [9.17, 15) is 5.11 Å². The van der Waals surface area contributed by atoms with Gasteiger partial charge in [0.2, 0.25) is 0 Å². The third kappa shape index (κ3) is 3.32. The van der Waals surface area contributed by atoms with Crippen LogP contribution in [0.5, 0.6) is 0 Å². The molecule has 0 aliphatic heterocycles. The van der Waals surface area contributed by atoms with Crippen LogP contribution >= 0.6 is 59.1 Å². The number of nitrogens with zero attached hydrogens (tertiary/aromatic N) is 2. The third-order valence-electron chi connectivity index (χ3n) is 2.88. The Balaban J connectivity index is 2.23. The minimum atomic E-state index is -0.524. The van der Waals surface area contributed by atoms with E-state index in [1.807, 2.05) is 17.8 Å². The zero-order valence-corrected chi connectivity index (χ0v) is 16.0. The lowest BCUT2D eigenvalue weighted by molar-refractivity contribution is 0.179. The number of aromatic nitrogens is 2. The highest BCUT2D eigenvalue weighted by atomic mass is 79.9. The number of hydrogen-bond donors (Lipinski definition) is 1. The van der Waals surface area contributed by atoms with Crippen LogP contribution in [0.2, 0.25) is 0 Å². The Labute approximate surface area is 141 Å². The zero-order valence-electron chi connectivity index (χ0n) is 10.5. The second-order valence-corrected chi connectivity index (χ2v) is 8.22. The van der Waals surface area contributed by atoms with Crippen LogP contribution < -0.4 is 0 Å². The normalized spacial score (nSPS) is 12.9. The second kappa shape index (κ2) is 6.39. The Bertz CT molecular complexity index is 575. The van der Waals surface area contributed by atoms with Gasteiger partial charge in [0, 0.05) is 22.8 Å². The van der Waals surface area contributed by atoms with Crippen LogP contribution in [-0.4, -0.2) is 14.9 Å². The standard InChI is InChI=1S/C12H13Br3N2OS/c1-3-7-11(14)8(17(2)16-7)5-9(18)10-4-6(13)12(15)19-10/h4,9,18H,3,5H2,1-2H3. The lowest BCUT2D eigenvalue weighted by Crippen LogP contribution is -2.05. The number of aliphatic hydroxyl groups is 1. The molecule has 0 radical (unpaired) electrons. The summed E-state index contributed by atoms with van der Waals surface area (Å²) in [5.74, 6) is 0. The topological polar surface area (TPSA) is 38.0 Å². The summed E-state index contributed by atoms with van der Waals surface area (Å²) in [6.07, 6.45) is 0.897. The molecule has 104 valence electrons. The molecule has 0 amide bonds. The summed E-state index contributed by atoms with van der Waals surface area (Å²) in [4.78, 5) is 0.935. The molecule has 19 heavy (non-hydrogen) atoms. The highest BCUT2D eigenvalue weighted by Gasteiger charge is 2.19. The molecule has 2 aromatic rings. The van der Waals surface area contributed by atoms with E-state index >= 15 is 0 Å². The molecule has 0 aliphatic carbocycles. The van der Waals surface area contributed by atoms with Gasteiger partial charge in [-0.3, -0.25) is 4.68 Å². The van der Waals surface area contributed by atoms with E-state index in [-0.39, 0.29) is 0 Å². The fraction of sp³-hybridized carbons (Fsp3) is 0.417. The summed E-state index contributed by atoms with van der Waals surface area (Å²) < 4.78 is 4.82. The fourth-order valence-electron chi connectivity index (χ4n) is 1.85. The van der Waals surface area contributed by atoms with Crippen molar-refractivity contribution in [2.24, 2.45) is 7.05 Å². The van der Waals surface area contributed by atoms with Gasteiger partial charge in [-0.2, -0.15) is 5.10 Å². The predicted octanol–water partition coefficient (Wildman–Crippen LogP) is 4.61. The molecule has 7 heteroatoms. The number of aliphatic hydroxyl groups excluding tert-OH is 1. The Hall–Kier alpha value is 0.310. The lowest BCUT2D eigenvalue weighted by atomic mass is 10.1. The molecule has 2 aromatic heterocycles. The number of hydrogen-bond acceptors (Lipinski definition) is 3. The van der Waals surface area contributed by atoms with Crippen molar-refractivity contribution in [3.8, 4) is 0 Å². The SMILES string of the molecule is CCc1nn(C)c(CC(O)c2cc(Br)c(Br)s2)c1Br. The van der Waals surface area contributed by atoms with Gasteiger partial charge in [-0.25, -0.2) is 0 Å². The summed E-state index contributed by atoms with van der Waals surface area (Å²) in [6, 6.07) is 1.95. The highest BCUT2D eigenvalue weighted by molar-refractivity contribution is 9.13. The van der Waals surface area contributed by atoms with Crippen molar-refractivity contribution in [2.75, 3.05) is 0 Å². The maximum atomic E-state index is 10.3. The Morgan fingerprint density at radius 3 is 2.58 bits per heavy atom. The van der Waals surface area contributed by atoms with Crippen molar-refractivity contribution in [3.05, 3.63) is 35.1 Å². The van der Waals surface area contributed by atoms with Gasteiger partial charge < -0.3 is 5.11 Å². The smallest absolute Gasteiger partial charge is 0.0938 e. The van der Waals surface area contributed by atoms with Crippen molar-refractivity contribution in [1.29, 1.82) is 0 Å². The van der Waals surface area contributed by atoms with Crippen molar-refractivity contribution < 1.29 is 5.11 Å². The average Bonchev–Trinajstić information content (AvgIpc) is 2.84. The van der Waals surface area contributed by atoms with E-state index in [0.29, 0.717) is 6.42 Å². The van der Waals surface area contributed by atoms with Gasteiger partial charge in [-0.1, -0.05) is 6.92 Å². The van der Waals surface area contributed by atoms with E-state index < -0.39 is 6.10 Å². The van der Waals surface area contributed by atoms with Crippen LogP contribution in [0.1, 0.15) is 29.3 Å². The molecule has 0 saturated carbocycles. The number of thiophene rings is 1. The van der Waals surface area contributed by atoms with Crippen LogP contribution in [0, 0.1) is 0 Å². The monoisotopic (exact) mass is 470 g/mol. The first-order chi connectivity index (χ1) is 8.93. The number of rotatable bonds is 4. The Morgan fingerprint density at radius 2 is 2.11 bits per heavy atom. The molecule has 2 heterocycles. The first-order valence-corrected chi connectivity index (χ1v) is 8.96. The predicted molar refractivity (Wildman–Crippen MR) is 88.7 cm³/mol. The molecule has 0 saturated heterocycles. The van der Waals surface area contributed by atoms with Gasteiger partial charge in [0.05, 0.1) is 25.8 Å². The third-order valence-corrected chi connectivity index (χ3v) is 7.16. The van der Waals surface area contributed by atoms with Gasteiger partial charge in [0.15, 0.2) is 0 Å². The molecule has 0 bridgehead atoms. The van der Waals surface area contributed by atoms with Crippen LogP contribution in [0.25, 0.3) is 0 Å². The van der Waals surface area contributed by atoms with E-state index in [4.69, 9.17) is 0 Å². The van der Waals surface area contributed by atoms with E-state index in [1.54, 1.807) is 11.3 Å². The summed E-state index contributed by atoms with van der Waals surface area (Å²) in [5.41, 5.74) is 2.04. The zero-order chi connectivity index (χ0) is 14.2. The molecule has 0 aliphatic rings. The average molecular weight is 473 g/mol. The maximum Gasteiger partial charge on any atom is 0.0938 e. The van der Waals surface area contributed by atoms with Crippen LogP contribution in [0.3, 0.4) is 0 Å². The van der Waals surface area contributed by atoms with Gasteiger partial charge in [-0.15, -0.1) is 11.3 Å². The first-order valence-electron chi connectivity index (χ1n) is 5.77. The largest absolute Gasteiger partial charge is 0.387 e. The summed E-state index contributed by atoms with van der Waals surface area (Å²) >= 11 is 12.0. The van der Waals surface area contributed by atoms with E-state index in [0.717, 1.165) is 35.4 Å². The van der Waals surface area contributed by atoms with Crippen molar-refractivity contribution in [3.63, 3.8) is 0 Å². The highest BCUT2D eigenvalue weighted by Crippen LogP contribution is 2.37. The van der Waals surface area contributed by atoms with Gasteiger partial charge in [0.25, 0.3) is 0 Å². The second-order valence-electron chi connectivity index (χ2n) is 4.17. The molecular formula is C12H13Br3N2OS. The quantitative estimate of drug-likeness (QED) is 0.705. The minimum Gasteiger partial charge on any atom is -0.387 e. The van der Waals surface area contributed by atoms with E-state index in [2.05, 4.69) is 59.8 Å². The van der Waals surface area contributed by atoms with Gasteiger partial charge in [-0.05, 0) is 60.3 Å².